The molecule has 1 aromatic heterocycles. The molecule has 142 valence electrons. The summed E-state index contributed by atoms with van der Waals surface area (Å²) < 4.78 is 6.56. The number of carbonyl (C=O) groups excluding carboxylic acids is 2. The highest BCUT2D eigenvalue weighted by molar-refractivity contribution is 5.92. The Kier molecular flexibility index (Phi) is 5.80. The molecule has 3 rings (SSSR count). The maximum absolute atomic E-state index is 12.2. The molecular formula is C18H20N4O5. The van der Waals surface area contributed by atoms with Gasteiger partial charge in [-0.3, -0.25) is 14.9 Å². The van der Waals surface area contributed by atoms with E-state index in [9.17, 15) is 19.7 Å². The molecule has 0 bridgehead atoms. The zero-order valence-corrected chi connectivity index (χ0v) is 14.7. The molecule has 2 aromatic rings. The van der Waals surface area contributed by atoms with Gasteiger partial charge in [0, 0.05) is 31.5 Å². The molecule has 1 aliphatic heterocycles. The first-order chi connectivity index (χ1) is 13.1. The minimum Gasteiger partial charge on any atom is -0.452 e. The van der Waals surface area contributed by atoms with Crippen LogP contribution in [0.15, 0.2) is 36.9 Å². The second-order valence-electron chi connectivity index (χ2n) is 6.30. The predicted octanol–water partition coefficient (Wildman–Crippen LogP) is 2.34. The van der Waals surface area contributed by atoms with Crippen LogP contribution in [0.4, 0.5) is 5.69 Å². The zero-order chi connectivity index (χ0) is 19.2. The minimum atomic E-state index is -0.765. The van der Waals surface area contributed by atoms with Crippen molar-refractivity contribution in [2.24, 2.45) is 0 Å². The van der Waals surface area contributed by atoms with Gasteiger partial charge in [0.05, 0.1) is 16.8 Å². The van der Waals surface area contributed by atoms with E-state index in [1.807, 2.05) is 0 Å². The number of ether oxygens (including phenoxy) is 1. The molecule has 9 nitrogen and oxygen atoms in total. The third-order valence-corrected chi connectivity index (χ3v) is 4.48. The molecule has 1 saturated heterocycles. The van der Waals surface area contributed by atoms with Gasteiger partial charge in [-0.25, -0.2) is 9.78 Å². The lowest BCUT2D eigenvalue weighted by Gasteiger charge is -2.19. The van der Waals surface area contributed by atoms with E-state index in [1.54, 1.807) is 11.1 Å². The summed E-state index contributed by atoms with van der Waals surface area (Å²) in [5.41, 5.74) is 0.0604. The van der Waals surface area contributed by atoms with E-state index in [0.717, 1.165) is 31.7 Å². The molecule has 0 saturated carbocycles. The van der Waals surface area contributed by atoms with Crippen LogP contribution in [0.25, 0.3) is 5.69 Å². The number of imidazole rings is 1. The van der Waals surface area contributed by atoms with Gasteiger partial charge in [0.2, 0.25) is 0 Å². The maximum Gasteiger partial charge on any atom is 0.338 e. The van der Waals surface area contributed by atoms with Crippen molar-refractivity contribution in [1.29, 1.82) is 0 Å². The number of benzene rings is 1. The number of esters is 1. The van der Waals surface area contributed by atoms with Gasteiger partial charge >= 0.3 is 5.97 Å². The Bertz CT molecular complexity index is 826. The highest BCUT2D eigenvalue weighted by Gasteiger charge is 2.21. The van der Waals surface area contributed by atoms with E-state index in [0.29, 0.717) is 13.1 Å². The summed E-state index contributed by atoms with van der Waals surface area (Å²) in [5.74, 6) is -1.01. The molecule has 0 radical (unpaired) electrons. The van der Waals surface area contributed by atoms with Crippen molar-refractivity contribution in [1.82, 2.24) is 14.5 Å². The SMILES string of the molecule is O=C(OCC(=O)N1CCCCCC1)c1ccc(-n2ccnc2)c([N+](=O)[O-])c1. The number of rotatable bonds is 5. The first kappa shape index (κ1) is 18.6. The largest absolute Gasteiger partial charge is 0.452 e. The average molecular weight is 372 g/mol. The quantitative estimate of drug-likeness (QED) is 0.453. The van der Waals surface area contributed by atoms with Crippen molar-refractivity contribution in [3.8, 4) is 5.69 Å². The predicted molar refractivity (Wildman–Crippen MR) is 95.5 cm³/mol. The van der Waals surface area contributed by atoms with Crippen molar-refractivity contribution >= 4 is 17.6 Å². The third-order valence-electron chi connectivity index (χ3n) is 4.48. The van der Waals surface area contributed by atoms with Gasteiger partial charge in [-0.05, 0) is 25.0 Å². The Labute approximate surface area is 155 Å². The molecule has 9 heteroatoms. The van der Waals surface area contributed by atoms with Crippen LogP contribution in [0.2, 0.25) is 0 Å². The number of hydrogen-bond acceptors (Lipinski definition) is 6. The summed E-state index contributed by atoms with van der Waals surface area (Å²) in [6.07, 6.45) is 8.58. The van der Waals surface area contributed by atoms with Gasteiger partial charge in [-0.1, -0.05) is 12.8 Å². The van der Waals surface area contributed by atoms with E-state index >= 15 is 0 Å². The van der Waals surface area contributed by atoms with Crippen molar-refractivity contribution in [3.63, 3.8) is 0 Å². The van der Waals surface area contributed by atoms with Crippen molar-refractivity contribution in [2.45, 2.75) is 25.7 Å². The van der Waals surface area contributed by atoms with Crippen LogP contribution in [0.5, 0.6) is 0 Å². The average Bonchev–Trinajstić information content (AvgIpc) is 3.07. The highest BCUT2D eigenvalue weighted by atomic mass is 16.6. The number of amides is 1. The fourth-order valence-electron chi connectivity index (χ4n) is 3.04. The van der Waals surface area contributed by atoms with E-state index in [4.69, 9.17) is 4.74 Å². The van der Waals surface area contributed by atoms with E-state index in [1.165, 1.54) is 29.2 Å². The Hall–Kier alpha value is -3.23. The Morgan fingerprint density at radius 1 is 1.19 bits per heavy atom. The summed E-state index contributed by atoms with van der Waals surface area (Å²) in [7, 11) is 0. The number of likely N-dealkylation sites (tertiary alicyclic amines) is 1. The van der Waals surface area contributed by atoms with Gasteiger partial charge in [0.25, 0.3) is 11.6 Å². The number of aromatic nitrogens is 2. The lowest BCUT2D eigenvalue weighted by atomic mass is 10.1. The summed E-state index contributed by atoms with van der Waals surface area (Å²) in [6, 6.07) is 4.03. The topological polar surface area (TPSA) is 108 Å². The fraction of sp³-hybridized carbons (Fsp3) is 0.389. The second-order valence-corrected chi connectivity index (χ2v) is 6.30. The van der Waals surface area contributed by atoms with Crippen molar-refractivity contribution in [3.05, 3.63) is 52.6 Å². The van der Waals surface area contributed by atoms with E-state index < -0.39 is 10.9 Å². The molecule has 0 aliphatic carbocycles. The number of nitro groups is 1. The number of nitrogens with zero attached hydrogens (tertiary/aromatic N) is 4. The number of hydrogen-bond donors (Lipinski definition) is 0. The minimum absolute atomic E-state index is 0.0224. The van der Waals surface area contributed by atoms with Crippen LogP contribution in [0.3, 0.4) is 0 Å². The molecule has 0 atom stereocenters. The van der Waals surface area contributed by atoms with Crippen LogP contribution in [0.1, 0.15) is 36.0 Å². The summed E-state index contributed by atoms with van der Waals surface area (Å²) in [6.45, 7) is 0.971. The van der Waals surface area contributed by atoms with Crippen LogP contribution in [-0.2, 0) is 9.53 Å². The summed E-state index contributed by atoms with van der Waals surface area (Å²) >= 11 is 0. The van der Waals surface area contributed by atoms with Crippen LogP contribution >= 0.6 is 0 Å². The first-order valence-corrected chi connectivity index (χ1v) is 8.78. The number of carbonyl (C=O) groups is 2. The molecule has 1 aromatic carbocycles. The van der Waals surface area contributed by atoms with E-state index in [2.05, 4.69) is 4.98 Å². The monoisotopic (exact) mass is 372 g/mol. The fourth-order valence-corrected chi connectivity index (χ4v) is 3.04. The lowest BCUT2D eigenvalue weighted by Crippen LogP contribution is -2.35. The molecule has 27 heavy (non-hydrogen) atoms. The molecule has 1 fully saturated rings. The molecule has 1 amide bonds. The van der Waals surface area contributed by atoms with Gasteiger partial charge in [-0.15, -0.1) is 0 Å². The third kappa shape index (κ3) is 4.49. The van der Waals surface area contributed by atoms with Crippen molar-refractivity contribution < 1.29 is 19.2 Å². The Morgan fingerprint density at radius 2 is 1.93 bits per heavy atom. The normalized spacial score (nSPS) is 14.4. The van der Waals surface area contributed by atoms with E-state index in [-0.39, 0.29) is 29.5 Å². The second kappa shape index (κ2) is 8.43. The molecule has 0 unspecified atom stereocenters. The van der Waals surface area contributed by atoms with Gasteiger partial charge in [-0.2, -0.15) is 0 Å². The molecule has 2 heterocycles. The Morgan fingerprint density at radius 3 is 2.56 bits per heavy atom. The van der Waals surface area contributed by atoms with Gasteiger partial charge in [0.1, 0.15) is 5.69 Å². The molecule has 0 N–H and O–H groups in total. The smallest absolute Gasteiger partial charge is 0.338 e. The van der Waals surface area contributed by atoms with Gasteiger partial charge < -0.3 is 14.2 Å². The number of nitro benzene ring substituents is 1. The highest BCUT2D eigenvalue weighted by Crippen LogP contribution is 2.24. The van der Waals surface area contributed by atoms with Crippen LogP contribution < -0.4 is 0 Å². The summed E-state index contributed by atoms with van der Waals surface area (Å²) in [4.78, 5) is 40.8. The molecule has 1 aliphatic rings. The first-order valence-electron chi connectivity index (χ1n) is 8.78. The lowest BCUT2D eigenvalue weighted by molar-refractivity contribution is -0.384. The zero-order valence-electron chi connectivity index (χ0n) is 14.7. The maximum atomic E-state index is 12.2. The van der Waals surface area contributed by atoms with Crippen LogP contribution in [-0.4, -0.2) is 50.9 Å². The Balaban J connectivity index is 1.68. The van der Waals surface area contributed by atoms with Gasteiger partial charge in [0.15, 0.2) is 6.61 Å². The standard InChI is InChI=1S/C18H20N4O5/c23-17(20-8-3-1-2-4-9-20)12-27-18(24)14-5-6-15(16(11-14)22(25)26)21-10-7-19-13-21/h5-7,10-11,13H,1-4,8-9,12H2. The van der Waals surface area contributed by atoms with Crippen molar-refractivity contribution in [2.75, 3.05) is 19.7 Å². The molecule has 0 spiro atoms. The molecular weight excluding hydrogens is 352 g/mol. The van der Waals surface area contributed by atoms with Crippen LogP contribution in [0, 0.1) is 10.1 Å². The summed E-state index contributed by atoms with van der Waals surface area (Å²) in [5, 5.41) is 11.4.